The summed E-state index contributed by atoms with van der Waals surface area (Å²) >= 11 is -2.61. The Labute approximate surface area is 63.9 Å². The molecule has 0 aromatic rings. The monoisotopic (exact) mass is 158 g/mol. The minimum absolute atomic E-state index is 0. The van der Waals surface area contributed by atoms with Gasteiger partial charge in [-0.1, -0.05) is 0 Å². The van der Waals surface area contributed by atoms with Gasteiger partial charge in [-0.3, -0.25) is 9.11 Å². The second-order valence-electron chi connectivity index (χ2n) is 0.445. The summed E-state index contributed by atoms with van der Waals surface area (Å²) < 4.78 is 51.6. The molecule has 0 amide bonds. The van der Waals surface area contributed by atoms with Crippen LogP contribution in [-0.4, -0.2) is 13.3 Å². The Hall–Kier alpha value is 0.457. The molecule has 8 heteroatoms. The number of rotatable bonds is 0. The van der Waals surface area contributed by atoms with E-state index >= 15 is 0 Å². The van der Waals surface area contributed by atoms with Crippen molar-refractivity contribution in [2.24, 2.45) is 0 Å². The average Bonchev–Trinajstić information content (AvgIpc) is 1.25. The molecule has 0 aliphatic carbocycles. The molecule has 0 bridgehead atoms. The van der Waals surface area contributed by atoms with Crippen LogP contribution in [0.4, 0.5) is 13.2 Å². The molecule has 0 rings (SSSR count). The Morgan fingerprint density at radius 2 is 1.22 bits per heavy atom. The van der Waals surface area contributed by atoms with Crippen LogP contribution in [0.15, 0.2) is 0 Å². The van der Waals surface area contributed by atoms with Gasteiger partial charge in [0.15, 0.2) is 6.68 Å². The van der Waals surface area contributed by atoms with E-state index in [1.54, 1.807) is 0 Å². The predicted molar refractivity (Wildman–Crippen MR) is 20.0 cm³/mol. The number of hydrogen-bond donors (Lipinski definition) is 2. The molecular formula is CH2F3LiO3S. The third-order valence-electron chi connectivity index (χ3n) is 0. The molecule has 2 N–H and O–H groups in total. The van der Waals surface area contributed by atoms with Crippen molar-refractivity contribution < 1.29 is 45.3 Å². The summed E-state index contributed by atoms with van der Waals surface area (Å²) in [6.45, 7) is -3.08. The summed E-state index contributed by atoms with van der Waals surface area (Å²) in [4.78, 5) is 0. The van der Waals surface area contributed by atoms with Gasteiger partial charge in [0.2, 0.25) is 0 Å². The van der Waals surface area contributed by atoms with Crippen LogP contribution in [0, 0.1) is 6.68 Å². The zero-order valence-electron chi connectivity index (χ0n) is 4.34. The first-order valence-corrected chi connectivity index (χ1v) is 2.16. The van der Waals surface area contributed by atoms with Crippen molar-refractivity contribution in [3.05, 3.63) is 6.68 Å². The Kier molecular flexibility index (Phi) is 20.3. The first-order valence-electron chi connectivity index (χ1n) is 1.10. The first-order chi connectivity index (χ1) is 3.46. The van der Waals surface area contributed by atoms with Crippen LogP contribution in [0.5, 0.6) is 0 Å². The van der Waals surface area contributed by atoms with Crippen LogP contribution in [-0.2, 0) is 11.4 Å². The summed E-state index contributed by atoms with van der Waals surface area (Å²) in [5, 5.41) is 0. The van der Waals surface area contributed by atoms with Crippen molar-refractivity contribution in [2.45, 2.75) is 0 Å². The Balaban J connectivity index is -0.0000000720. The van der Waals surface area contributed by atoms with Crippen LogP contribution in [0.1, 0.15) is 0 Å². The van der Waals surface area contributed by atoms with Crippen LogP contribution in [0.2, 0.25) is 0 Å². The zero-order valence-corrected chi connectivity index (χ0v) is 5.16. The first kappa shape index (κ1) is 16.2. The fraction of sp³-hybridized carbons (Fsp3) is 0. The summed E-state index contributed by atoms with van der Waals surface area (Å²) in [5.41, 5.74) is 0. The van der Waals surface area contributed by atoms with Gasteiger partial charge in [-0.05, 0) is 0 Å². The molecule has 0 unspecified atom stereocenters. The fourth-order valence-corrected chi connectivity index (χ4v) is 0. The van der Waals surface area contributed by atoms with Gasteiger partial charge in [0.1, 0.15) is 0 Å². The van der Waals surface area contributed by atoms with E-state index in [-0.39, 0.29) is 18.9 Å². The van der Waals surface area contributed by atoms with E-state index in [1.165, 1.54) is 0 Å². The van der Waals surface area contributed by atoms with E-state index in [0.29, 0.717) is 0 Å². The smallest absolute Gasteiger partial charge is 0.385 e. The molecule has 52 valence electrons. The van der Waals surface area contributed by atoms with Crippen LogP contribution in [0.25, 0.3) is 0 Å². The van der Waals surface area contributed by atoms with Crippen molar-refractivity contribution in [1.82, 2.24) is 0 Å². The molecule has 0 heterocycles. The van der Waals surface area contributed by atoms with Gasteiger partial charge in [-0.25, -0.2) is 0 Å². The van der Waals surface area contributed by atoms with Gasteiger partial charge in [0.25, 0.3) is 11.4 Å². The molecule has 0 saturated heterocycles. The zero-order chi connectivity index (χ0) is 7.15. The molecule has 0 aliphatic rings. The maximum absolute atomic E-state index is 9.58. The van der Waals surface area contributed by atoms with Crippen molar-refractivity contribution >= 4 is 11.4 Å². The van der Waals surface area contributed by atoms with Gasteiger partial charge in [0, 0.05) is 0 Å². The van der Waals surface area contributed by atoms with E-state index < -0.39 is 18.0 Å². The Morgan fingerprint density at radius 1 is 1.22 bits per heavy atom. The van der Waals surface area contributed by atoms with Gasteiger partial charge >= 0.3 is 18.9 Å². The van der Waals surface area contributed by atoms with Crippen molar-refractivity contribution in [3.63, 3.8) is 0 Å². The minimum atomic E-state index is -3.08. The normalized spacial score (nSPS) is 7.89. The van der Waals surface area contributed by atoms with Crippen LogP contribution < -0.4 is 18.9 Å². The molecule has 0 saturated carbocycles. The number of hydrogen-bond acceptors (Lipinski definition) is 1. The molecule has 0 aliphatic heterocycles. The summed E-state index contributed by atoms with van der Waals surface area (Å²) in [5.74, 6) is 0. The third-order valence-corrected chi connectivity index (χ3v) is 0. The van der Waals surface area contributed by atoms with E-state index in [4.69, 9.17) is 13.3 Å². The molecule has 0 spiro atoms. The molecule has 3 nitrogen and oxygen atoms in total. The van der Waals surface area contributed by atoms with Crippen LogP contribution >= 0.6 is 0 Å². The second kappa shape index (κ2) is 11.3. The van der Waals surface area contributed by atoms with E-state index in [2.05, 4.69) is 0 Å². The summed E-state index contributed by atoms with van der Waals surface area (Å²) in [7, 11) is 0. The maximum Gasteiger partial charge on any atom is 1.00 e. The Bertz CT molecular complexity index is 63.3. The molecular weight excluding hydrogens is 156 g/mol. The second-order valence-corrected chi connectivity index (χ2v) is 0.906. The molecule has 0 aromatic carbocycles. The van der Waals surface area contributed by atoms with Gasteiger partial charge in [-0.15, -0.1) is 0 Å². The minimum Gasteiger partial charge on any atom is -0.385 e. The quantitative estimate of drug-likeness (QED) is 0.244. The van der Waals surface area contributed by atoms with E-state index in [0.717, 1.165) is 0 Å². The Morgan fingerprint density at radius 3 is 1.22 bits per heavy atom. The van der Waals surface area contributed by atoms with Crippen LogP contribution in [0.3, 0.4) is 0 Å². The summed E-state index contributed by atoms with van der Waals surface area (Å²) in [6, 6.07) is 0. The molecule has 9 heavy (non-hydrogen) atoms. The topological polar surface area (TPSA) is 57.5 Å². The van der Waals surface area contributed by atoms with Crippen molar-refractivity contribution in [3.8, 4) is 0 Å². The maximum atomic E-state index is 9.58. The number of halogens is 3. The van der Waals surface area contributed by atoms with Gasteiger partial charge in [0.05, 0.1) is 0 Å². The van der Waals surface area contributed by atoms with E-state index in [9.17, 15) is 13.2 Å². The van der Waals surface area contributed by atoms with Crippen molar-refractivity contribution in [2.75, 3.05) is 0 Å². The third kappa shape index (κ3) is 1690. The SMILES string of the molecule is F[C-](F)F.O=S(O)O.[Li+]. The molecule has 0 fully saturated rings. The van der Waals surface area contributed by atoms with Crippen molar-refractivity contribution in [1.29, 1.82) is 0 Å². The largest absolute Gasteiger partial charge is 1.00 e. The van der Waals surface area contributed by atoms with Gasteiger partial charge < -0.3 is 13.2 Å². The molecule has 0 radical (unpaired) electrons. The average molecular weight is 158 g/mol. The fourth-order valence-electron chi connectivity index (χ4n) is 0. The standard InChI is InChI=1S/CF3.Li.H2O3S/c2-1(3)4;;1-4(2)3/h;;(H2,1,2,3)/q-1;+1;. The molecule has 0 aromatic heterocycles. The predicted octanol–water partition coefficient (Wildman–Crippen LogP) is -1.97. The van der Waals surface area contributed by atoms with Gasteiger partial charge in [-0.2, -0.15) is 4.21 Å². The van der Waals surface area contributed by atoms with E-state index in [1.807, 2.05) is 0 Å². The summed E-state index contributed by atoms with van der Waals surface area (Å²) in [6.07, 6.45) is 0. The molecule has 0 atom stereocenters.